The summed E-state index contributed by atoms with van der Waals surface area (Å²) < 4.78 is 10.8. The third kappa shape index (κ3) is 8.08. The SMILES string of the molecule is Cc1ccc(OCC(=O)NNC(=S)NC(=O)COc2ccc(C(C)(C)C)cc2)cc1. The van der Waals surface area contributed by atoms with Gasteiger partial charge in [-0.15, -0.1) is 0 Å². The second-order valence-corrected chi connectivity index (χ2v) is 8.12. The Morgan fingerprint density at radius 3 is 1.87 bits per heavy atom. The van der Waals surface area contributed by atoms with Gasteiger partial charge in [-0.2, -0.15) is 0 Å². The Kier molecular flexibility index (Phi) is 8.17. The summed E-state index contributed by atoms with van der Waals surface area (Å²) in [4.78, 5) is 23.7. The van der Waals surface area contributed by atoms with Gasteiger partial charge in [0.2, 0.25) is 0 Å². The second-order valence-electron chi connectivity index (χ2n) is 7.72. The fourth-order valence-electron chi connectivity index (χ4n) is 2.34. The van der Waals surface area contributed by atoms with Gasteiger partial charge < -0.3 is 9.47 Å². The summed E-state index contributed by atoms with van der Waals surface area (Å²) in [6.45, 7) is 7.93. The molecule has 2 aromatic rings. The van der Waals surface area contributed by atoms with Gasteiger partial charge in [0.15, 0.2) is 18.3 Å². The fraction of sp³-hybridized carbons (Fsp3) is 0.318. The van der Waals surface area contributed by atoms with Crippen LogP contribution in [-0.2, 0) is 15.0 Å². The van der Waals surface area contributed by atoms with Crippen molar-refractivity contribution in [2.45, 2.75) is 33.1 Å². The number of hydrogen-bond acceptors (Lipinski definition) is 5. The Labute approximate surface area is 182 Å². The summed E-state index contributed by atoms with van der Waals surface area (Å²) >= 11 is 4.98. The van der Waals surface area contributed by atoms with Crippen molar-refractivity contribution in [1.29, 1.82) is 0 Å². The molecule has 0 heterocycles. The average Bonchev–Trinajstić information content (AvgIpc) is 2.70. The molecule has 0 spiro atoms. The van der Waals surface area contributed by atoms with E-state index in [1.807, 2.05) is 43.3 Å². The van der Waals surface area contributed by atoms with Crippen LogP contribution in [0.2, 0.25) is 0 Å². The van der Waals surface area contributed by atoms with Gasteiger partial charge in [0.25, 0.3) is 11.8 Å². The molecule has 2 rings (SSSR count). The van der Waals surface area contributed by atoms with E-state index in [0.29, 0.717) is 11.5 Å². The quantitative estimate of drug-likeness (QED) is 0.483. The number of hydrazine groups is 1. The number of thiocarbonyl (C=S) groups is 1. The van der Waals surface area contributed by atoms with E-state index in [-0.39, 0.29) is 23.7 Å². The summed E-state index contributed by atoms with van der Waals surface area (Å²) in [6.07, 6.45) is 0. The zero-order chi connectivity index (χ0) is 22.1. The molecular weight excluding hydrogens is 402 g/mol. The highest BCUT2D eigenvalue weighted by Crippen LogP contribution is 2.24. The molecule has 2 amide bonds. The standard InChI is InChI=1S/C22H27N3O4S/c1-15-5-9-17(10-6-15)29-14-20(27)24-25-21(30)23-19(26)13-28-18-11-7-16(8-12-18)22(2,3)4/h5-12H,13-14H2,1-4H3,(H,24,27)(H2,23,25,26,30). The molecule has 0 aliphatic heterocycles. The van der Waals surface area contributed by atoms with Crippen molar-refractivity contribution < 1.29 is 19.1 Å². The van der Waals surface area contributed by atoms with Crippen LogP contribution in [0.3, 0.4) is 0 Å². The second kappa shape index (κ2) is 10.6. The lowest BCUT2D eigenvalue weighted by atomic mass is 9.87. The van der Waals surface area contributed by atoms with Crippen molar-refractivity contribution in [3.05, 3.63) is 59.7 Å². The van der Waals surface area contributed by atoms with Crippen LogP contribution in [0.15, 0.2) is 48.5 Å². The number of aryl methyl sites for hydroxylation is 1. The summed E-state index contributed by atoms with van der Waals surface area (Å²) in [5, 5.41) is 2.38. The van der Waals surface area contributed by atoms with Crippen molar-refractivity contribution in [1.82, 2.24) is 16.2 Å². The van der Waals surface area contributed by atoms with Gasteiger partial charge in [0.1, 0.15) is 11.5 Å². The molecule has 7 nitrogen and oxygen atoms in total. The van der Waals surface area contributed by atoms with E-state index in [1.165, 1.54) is 5.56 Å². The van der Waals surface area contributed by atoms with Crippen molar-refractivity contribution in [3.8, 4) is 11.5 Å². The van der Waals surface area contributed by atoms with Crippen molar-refractivity contribution in [2.75, 3.05) is 13.2 Å². The molecule has 0 aliphatic carbocycles. The lowest BCUT2D eigenvalue weighted by molar-refractivity contribution is -0.124. The summed E-state index contributed by atoms with van der Waals surface area (Å²) in [5.74, 6) is 0.276. The molecule has 0 aromatic heterocycles. The van der Waals surface area contributed by atoms with Gasteiger partial charge >= 0.3 is 0 Å². The summed E-state index contributed by atoms with van der Waals surface area (Å²) in [6, 6.07) is 14.9. The number of amides is 2. The van der Waals surface area contributed by atoms with Gasteiger partial charge in [-0.25, -0.2) is 0 Å². The molecule has 2 aromatic carbocycles. The predicted octanol–water partition coefficient (Wildman–Crippen LogP) is 2.77. The molecular formula is C22H27N3O4S. The van der Waals surface area contributed by atoms with E-state index >= 15 is 0 Å². The maximum atomic E-state index is 11.9. The van der Waals surface area contributed by atoms with Crippen LogP contribution in [0.1, 0.15) is 31.9 Å². The molecule has 0 saturated carbocycles. The third-order valence-corrected chi connectivity index (χ3v) is 4.25. The summed E-state index contributed by atoms with van der Waals surface area (Å²) in [7, 11) is 0. The van der Waals surface area contributed by atoms with Gasteiger partial charge in [-0.1, -0.05) is 50.6 Å². The topological polar surface area (TPSA) is 88.7 Å². The van der Waals surface area contributed by atoms with E-state index in [0.717, 1.165) is 5.56 Å². The maximum absolute atomic E-state index is 11.9. The monoisotopic (exact) mass is 429 g/mol. The Hall–Kier alpha value is -3.13. The average molecular weight is 430 g/mol. The highest BCUT2D eigenvalue weighted by molar-refractivity contribution is 7.80. The minimum Gasteiger partial charge on any atom is -0.484 e. The predicted molar refractivity (Wildman–Crippen MR) is 119 cm³/mol. The Morgan fingerprint density at radius 2 is 1.33 bits per heavy atom. The molecule has 0 radical (unpaired) electrons. The van der Waals surface area contributed by atoms with Crippen LogP contribution in [0.4, 0.5) is 0 Å². The number of nitrogens with one attached hydrogen (secondary N) is 3. The highest BCUT2D eigenvalue weighted by atomic mass is 32.1. The Morgan fingerprint density at radius 1 is 0.833 bits per heavy atom. The lowest BCUT2D eigenvalue weighted by Crippen LogP contribution is -2.50. The molecule has 0 atom stereocenters. The van der Waals surface area contributed by atoms with E-state index in [2.05, 4.69) is 36.9 Å². The van der Waals surface area contributed by atoms with Gasteiger partial charge in [-0.05, 0) is 54.4 Å². The summed E-state index contributed by atoms with van der Waals surface area (Å²) in [5.41, 5.74) is 7.11. The molecule has 0 aliphatic rings. The van der Waals surface area contributed by atoms with Gasteiger partial charge in [0.05, 0.1) is 0 Å². The highest BCUT2D eigenvalue weighted by Gasteiger charge is 2.13. The van der Waals surface area contributed by atoms with Crippen molar-refractivity contribution in [2.24, 2.45) is 0 Å². The number of carbonyl (C=O) groups is 2. The first-order valence-electron chi connectivity index (χ1n) is 9.45. The Balaban J connectivity index is 1.65. The number of hydrogen-bond donors (Lipinski definition) is 3. The molecule has 0 bridgehead atoms. The first-order chi connectivity index (χ1) is 14.1. The third-order valence-electron chi connectivity index (χ3n) is 4.05. The molecule has 0 fully saturated rings. The largest absolute Gasteiger partial charge is 0.484 e. The smallest absolute Gasteiger partial charge is 0.276 e. The van der Waals surface area contributed by atoms with E-state index in [1.54, 1.807) is 12.1 Å². The number of carbonyl (C=O) groups excluding carboxylic acids is 2. The maximum Gasteiger partial charge on any atom is 0.276 e. The first kappa shape index (κ1) is 23.2. The fourth-order valence-corrected chi connectivity index (χ4v) is 2.50. The molecule has 30 heavy (non-hydrogen) atoms. The zero-order valence-corrected chi connectivity index (χ0v) is 18.4. The minimum absolute atomic E-state index is 0.0450. The van der Waals surface area contributed by atoms with E-state index in [4.69, 9.17) is 21.7 Å². The Bertz CT molecular complexity index is 875. The van der Waals surface area contributed by atoms with E-state index < -0.39 is 11.8 Å². The van der Waals surface area contributed by atoms with Crippen LogP contribution in [0, 0.1) is 6.92 Å². The first-order valence-corrected chi connectivity index (χ1v) is 9.86. The van der Waals surface area contributed by atoms with Crippen LogP contribution in [-0.4, -0.2) is 30.1 Å². The van der Waals surface area contributed by atoms with Gasteiger partial charge in [0, 0.05) is 0 Å². The van der Waals surface area contributed by atoms with Crippen LogP contribution in [0.25, 0.3) is 0 Å². The molecule has 0 saturated heterocycles. The number of ether oxygens (including phenoxy) is 2. The van der Waals surface area contributed by atoms with Crippen LogP contribution >= 0.6 is 12.2 Å². The van der Waals surface area contributed by atoms with Crippen molar-refractivity contribution >= 4 is 29.1 Å². The van der Waals surface area contributed by atoms with Gasteiger partial charge in [-0.3, -0.25) is 25.8 Å². The molecule has 3 N–H and O–H groups in total. The molecule has 0 unspecified atom stereocenters. The molecule has 160 valence electrons. The molecule has 8 heteroatoms. The normalized spacial score (nSPS) is 10.7. The zero-order valence-electron chi connectivity index (χ0n) is 17.6. The van der Waals surface area contributed by atoms with Crippen LogP contribution in [0.5, 0.6) is 11.5 Å². The number of benzene rings is 2. The minimum atomic E-state index is -0.447. The van der Waals surface area contributed by atoms with E-state index in [9.17, 15) is 9.59 Å². The van der Waals surface area contributed by atoms with Crippen molar-refractivity contribution in [3.63, 3.8) is 0 Å². The number of rotatable bonds is 6. The van der Waals surface area contributed by atoms with Crippen LogP contribution < -0.4 is 25.6 Å². The lowest BCUT2D eigenvalue weighted by Gasteiger charge is -2.19.